The molecule has 1 saturated heterocycles. The average Bonchev–Trinajstić information content (AvgIpc) is 2.48. The Kier molecular flexibility index (Phi) is 5.77. The van der Waals surface area contributed by atoms with Crippen molar-refractivity contribution in [3.8, 4) is 0 Å². The molecular weight excluding hydrogens is 263 g/mol. The lowest BCUT2D eigenvalue weighted by Gasteiger charge is -2.40. The Morgan fingerprint density at radius 1 is 1.43 bits per heavy atom. The molecule has 0 radical (unpaired) electrons. The molecule has 1 aliphatic rings. The van der Waals surface area contributed by atoms with Gasteiger partial charge >= 0.3 is 0 Å². The molecule has 0 spiro atoms. The summed E-state index contributed by atoms with van der Waals surface area (Å²) < 4.78 is 13.8. The van der Waals surface area contributed by atoms with Crippen molar-refractivity contribution < 1.29 is 4.39 Å². The fourth-order valence-corrected chi connectivity index (χ4v) is 3.24. The molecule has 3 atom stereocenters. The number of hydrogen-bond donors (Lipinski definition) is 1. The highest BCUT2D eigenvalue weighted by Crippen LogP contribution is 2.27. The number of nitrogens with zero attached hydrogens (tertiary/aromatic N) is 1. The van der Waals surface area contributed by atoms with Crippen LogP contribution in [0.4, 0.5) is 4.39 Å². The number of hydrogen-bond acceptors (Lipinski definition) is 2. The van der Waals surface area contributed by atoms with E-state index in [-0.39, 0.29) is 11.9 Å². The van der Waals surface area contributed by atoms with Crippen LogP contribution in [0.2, 0.25) is 0 Å². The van der Waals surface area contributed by atoms with Gasteiger partial charge in [0.2, 0.25) is 0 Å². The first-order valence-electron chi connectivity index (χ1n) is 8.26. The topological polar surface area (TPSA) is 15.3 Å². The number of halogens is 1. The lowest BCUT2D eigenvalue weighted by Crippen LogP contribution is -2.49. The number of aryl methyl sites for hydroxylation is 1. The Balaban J connectivity index is 1.98. The number of likely N-dealkylation sites (tertiary alicyclic amines) is 1. The third-order valence-corrected chi connectivity index (χ3v) is 4.82. The van der Waals surface area contributed by atoms with Crippen LogP contribution in [0.1, 0.15) is 50.8 Å². The summed E-state index contributed by atoms with van der Waals surface area (Å²) in [5, 5.41) is 3.65. The number of rotatable bonds is 5. The zero-order chi connectivity index (χ0) is 15.4. The summed E-state index contributed by atoms with van der Waals surface area (Å²) in [6.07, 6.45) is 2.37. The maximum Gasteiger partial charge on any atom is 0.126 e. The van der Waals surface area contributed by atoms with Crippen LogP contribution in [0.3, 0.4) is 0 Å². The van der Waals surface area contributed by atoms with Crippen LogP contribution in [-0.2, 0) is 0 Å². The van der Waals surface area contributed by atoms with E-state index in [0.29, 0.717) is 12.0 Å². The fraction of sp³-hybridized carbons (Fsp3) is 0.667. The van der Waals surface area contributed by atoms with Gasteiger partial charge in [-0.3, -0.25) is 4.90 Å². The SMILES string of the molecule is CCCNC1CCN(C(C)c2ccc(C)c(F)c2)CC1C. The first-order valence-corrected chi connectivity index (χ1v) is 8.26. The van der Waals surface area contributed by atoms with E-state index in [1.807, 2.05) is 13.0 Å². The molecule has 2 nitrogen and oxygen atoms in total. The lowest BCUT2D eigenvalue weighted by molar-refractivity contribution is 0.111. The molecule has 1 N–H and O–H groups in total. The molecule has 1 aromatic rings. The van der Waals surface area contributed by atoms with Crippen molar-refractivity contribution in [2.75, 3.05) is 19.6 Å². The van der Waals surface area contributed by atoms with Gasteiger partial charge in [0.1, 0.15) is 5.82 Å². The van der Waals surface area contributed by atoms with E-state index >= 15 is 0 Å². The molecule has 118 valence electrons. The van der Waals surface area contributed by atoms with Gasteiger partial charge in [0.25, 0.3) is 0 Å². The van der Waals surface area contributed by atoms with Crippen LogP contribution in [0.5, 0.6) is 0 Å². The van der Waals surface area contributed by atoms with Gasteiger partial charge in [-0.2, -0.15) is 0 Å². The van der Waals surface area contributed by atoms with Gasteiger partial charge in [-0.1, -0.05) is 26.0 Å². The first-order chi connectivity index (χ1) is 10.0. The summed E-state index contributed by atoms with van der Waals surface area (Å²) in [4.78, 5) is 2.49. The predicted molar refractivity (Wildman–Crippen MR) is 87.0 cm³/mol. The maximum absolute atomic E-state index is 13.8. The third-order valence-electron chi connectivity index (χ3n) is 4.82. The molecular formula is C18H29FN2. The van der Waals surface area contributed by atoms with Crippen molar-refractivity contribution in [2.45, 2.75) is 52.6 Å². The van der Waals surface area contributed by atoms with Crippen LogP contribution in [0, 0.1) is 18.7 Å². The summed E-state index contributed by atoms with van der Waals surface area (Å²) in [6.45, 7) is 11.8. The summed E-state index contributed by atoms with van der Waals surface area (Å²) >= 11 is 0. The van der Waals surface area contributed by atoms with E-state index in [2.05, 4.69) is 37.1 Å². The Labute approximate surface area is 128 Å². The van der Waals surface area contributed by atoms with Gasteiger partial charge in [0, 0.05) is 25.2 Å². The smallest absolute Gasteiger partial charge is 0.126 e. The van der Waals surface area contributed by atoms with Crippen molar-refractivity contribution in [1.29, 1.82) is 0 Å². The predicted octanol–water partition coefficient (Wildman–Crippen LogP) is 3.91. The van der Waals surface area contributed by atoms with Crippen LogP contribution in [0.25, 0.3) is 0 Å². The maximum atomic E-state index is 13.8. The van der Waals surface area contributed by atoms with Crippen LogP contribution >= 0.6 is 0 Å². The Morgan fingerprint density at radius 3 is 2.81 bits per heavy atom. The van der Waals surface area contributed by atoms with Gasteiger partial charge < -0.3 is 5.32 Å². The second-order valence-electron chi connectivity index (χ2n) is 6.51. The second kappa shape index (κ2) is 7.37. The van der Waals surface area contributed by atoms with Crippen molar-refractivity contribution >= 4 is 0 Å². The molecule has 1 fully saturated rings. The molecule has 1 aliphatic heterocycles. The molecule has 0 amide bonds. The average molecular weight is 292 g/mol. The molecule has 21 heavy (non-hydrogen) atoms. The number of benzene rings is 1. The van der Waals surface area contributed by atoms with Crippen molar-refractivity contribution in [2.24, 2.45) is 5.92 Å². The largest absolute Gasteiger partial charge is 0.314 e. The first kappa shape index (κ1) is 16.4. The highest BCUT2D eigenvalue weighted by molar-refractivity contribution is 5.25. The Morgan fingerprint density at radius 2 is 2.19 bits per heavy atom. The molecule has 0 bridgehead atoms. The zero-order valence-corrected chi connectivity index (χ0v) is 13.8. The molecule has 0 aromatic heterocycles. The number of piperidine rings is 1. The normalized spacial score (nSPS) is 25.0. The minimum Gasteiger partial charge on any atom is -0.314 e. The Hall–Kier alpha value is -0.930. The molecule has 1 aromatic carbocycles. The van der Waals surface area contributed by atoms with E-state index in [0.717, 1.165) is 30.8 Å². The van der Waals surface area contributed by atoms with Crippen molar-refractivity contribution in [1.82, 2.24) is 10.2 Å². The summed E-state index contributed by atoms with van der Waals surface area (Å²) in [5.74, 6) is 0.551. The van der Waals surface area contributed by atoms with Crippen LogP contribution in [0.15, 0.2) is 18.2 Å². The van der Waals surface area contributed by atoms with Crippen molar-refractivity contribution in [3.63, 3.8) is 0 Å². The monoisotopic (exact) mass is 292 g/mol. The Bertz CT molecular complexity index is 461. The summed E-state index contributed by atoms with van der Waals surface area (Å²) in [5.41, 5.74) is 1.81. The van der Waals surface area contributed by atoms with Gasteiger partial charge in [-0.15, -0.1) is 0 Å². The lowest BCUT2D eigenvalue weighted by atomic mass is 9.91. The van der Waals surface area contributed by atoms with Gasteiger partial charge in [0.15, 0.2) is 0 Å². The van der Waals surface area contributed by atoms with E-state index in [9.17, 15) is 4.39 Å². The van der Waals surface area contributed by atoms with E-state index in [1.54, 1.807) is 6.07 Å². The van der Waals surface area contributed by atoms with Crippen LogP contribution < -0.4 is 5.32 Å². The molecule has 1 heterocycles. The van der Waals surface area contributed by atoms with E-state index in [1.165, 1.54) is 12.8 Å². The summed E-state index contributed by atoms with van der Waals surface area (Å²) in [7, 11) is 0. The van der Waals surface area contributed by atoms with Crippen molar-refractivity contribution in [3.05, 3.63) is 35.1 Å². The minimum absolute atomic E-state index is 0.0908. The van der Waals surface area contributed by atoms with Crippen LogP contribution in [-0.4, -0.2) is 30.6 Å². The zero-order valence-electron chi connectivity index (χ0n) is 13.8. The highest BCUT2D eigenvalue weighted by atomic mass is 19.1. The molecule has 3 heteroatoms. The molecule has 0 aliphatic carbocycles. The van der Waals surface area contributed by atoms with E-state index in [4.69, 9.17) is 0 Å². The molecule has 2 rings (SSSR count). The highest BCUT2D eigenvalue weighted by Gasteiger charge is 2.28. The standard InChI is InChI=1S/C18H29FN2/c1-5-9-20-18-8-10-21(12-14(18)3)15(4)16-7-6-13(2)17(19)11-16/h6-7,11,14-15,18,20H,5,8-10,12H2,1-4H3. The minimum atomic E-state index is -0.0908. The molecule has 3 unspecified atom stereocenters. The van der Waals surface area contributed by atoms with Gasteiger partial charge in [0.05, 0.1) is 0 Å². The second-order valence-corrected chi connectivity index (χ2v) is 6.51. The van der Waals surface area contributed by atoms with Gasteiger partial charge in [-0.25, -0.2) is 4.39 Å². The fourth-order valence-electron chi connectivity index (χ4n) is 3.24. The molecule has 0 saturated carbocycles. The quantitative estimate of drug-likeness (QED) is 0.885. The third kappa shape index (κ3) is 4.04. The summed E-state index contributed by atoms with van der Waals surface area (Å²) in [6, 6.07) is 6.57. The van der Waals surface area contributed by atoms with Gasteiger partial charge in [-0.05, 0) is 56.3 Å². The number of nitrogens with one attached hydrogen (secondary N) is 1. The van der Waals surface area contributed by atoms with E-state index < -0.39 is 0 Å².